The maximum atomic E-state index is 12.8. The van der Waals surface area contributed by atoms with Gasteiger partial charge in [0.25, 0.3) is 0 Å². The van der Waals surface area contributed by atoms with Crippen molar-refractivity contribution in [1.82, 2.24) is 9.80 Å². The van der Waals surface area contributed by atoms with Gasteiger partial charge in [0.1, 0.15) is 5.75 Å². The van der Waals surface area contributed by atoms with E-state index >= 15 is 0 Å². The van der Waals surface area contributed by atoms with Crippen LogP contribution >= 0.6 is 0 Å². The lowest BCUT2D eigenvalue weighted by Crippen LogP contribution is -2.45. The molecule has 0 unspecified atom stereocenters. The molecule has 2 N–H and O–H groups in total. The average Bonchev–Trinajstić information content (AvgIpc) is 3.45. The van der Waals surface area contributed by atoms with Gasteiger partial charge in [0.15, 0.2) is 0 Å². The molecule has 1 saturated carbocycles. The van der Waals surface area contributed by atoms with Crippen molar-refractivity contribution >= 4 is 11.8 Å². The van der Waals surface area contributed by atoms with E-state index in [9.17, 15) is 9.59 Å². The third-order valence-electron chi connectivity index (χ3n) is 5.17. The fourth-order valence-electron chi connectivity index (χ4n) is 3.39. The second-order valence-electron chi connectivity index (χ2n) is 7.05. The van der Waals surface area contributed by atoms with Crippen LogP contribution < -0.4 is 10.5 Å². The van der Waals surface area contributed by atoms with E-state index in [1.807, 2.05) is 29.2 Å². The highest BCUT2D eigenvalue weighted by Gasteiger charge is 2.34. The predicted molar refractivity (Wildman–Crippen MR) is 94.9 cm³/mol. The van der Waals surface area contributed by atoms with Crippen molar-refractivity contribution in [3.05, 3.63) is 29.8 Å². The number of rotatable bonds is 7. The Morgan fingerprint density at radius 3 is 2.32 bits per heavy atom. The van der Waals surface area contributed by atoms with Gasteiger partial charge in [0, 0.05) is 18.5 Å². The smallest absolute Gasteiger partial charge is 0.237 e. The number of primary amides is 1. The standard InChI is InChI=1S/C19H27N3O3/c1-25-17-6-2-14(3-7-17)12-22(16-4-5-16)18(23)13-21-10-8-15(9-11-21)19(20)24/h2-3,6-7,15-16H,4-5,8-13H2,1H3,(H2,20,24). The minimum Gasteiger partial charge on any atom is -0.497 e. The molecule has 136 valence electrons. The highest BCUT2D eigenvalue weighted by atomic mass is 16.5. The zero-order chi connectivity index (χ0) is 17.8. The van der Waals surface area contributed by atoms with Crippen molar-refractivity contribution in [2.45, 2.75) is 38.3 Å². The van der Waals surface area contributed by atoms with E-state index in [4.69, 9.17) is 10.5 Å². The molecule has 0 bridgehead atoms. The number of likely N-dealkylation sites (tertiary alicyclic amines) is 1. The maximum Gasteiger partial charge on any atom is 0.237 e. The van der Waals surface area contributed by atoms with E-state index in [1.54, 1.807) is 7.11 Å². The van der Waals surface area contributed by atoms with Crippen LogP contribution in [0.1, 0.15) is 31.2 Å². The topological polar surface area (TPSA) is 75.9 Å². The fraction of sp³-hybridized carbons (Fsp3) is 0.579. The summed E-state index contributed by atoms with van der Waals surface area (Å²) in [5.41, 5.74) is 6.49. The molecule has 1 saturated heterocycles. The van der Waals surface area contributed by atoms with Crippen molar-refractivity contribution in [3.8, 4) is 5.75 Å². The van der Waals surface area contributed by atoms with Crippen LogP contribution in [0.25, 0.3) is 0 Å². The summed E-state index contributed by atoms with van der Waals surface area (Å²) in [4.78, 5) is 28.2. The van der Waals surface area contributed by atoms with Crippen molar-refractivity contribution in [1.29, 1.82) is 0 Å². The molecule has 0 radical (unpaired) electrons. The zero-order valence-electron chi connectivity index (χ0n) is 14.8. The first-order valence-electron chi connectivity index (χ1n) is 9.01. The Hall–Kier alpha value is -2.08. The van der Waals surface area contributed by atoms with Gasteiger partial charge < -0.3 is 15.4 Å². The van der Waals surface area contributed by atoms with Crippen molar-refractivity contribution in [3.63, 3.8) is 0 Å². The lowest BCUT2D eigenvalue weighted by molar-refractivity contribution is -0.134. The molecule has 2 fully saturated rings. The van der Waals surface area contributed by atoms with Gasteiger partial charge in [0.2, 0.25) is 11.8 Å². The van der Waals surface area contributed by atoms with Gasteiger partial charge in [-0.25, -0.2) is 0 Å². The summed E-state index contributed by atoms with van der Waals surface area (Å²) >= 11 is 0. The summed E-state index contributed by atoms with van der Waals surface area (Å²) in [6.07, 6.45) is 3.69. The van der Waals surface area contributed by atoms with Crippen LogP contribution in [0.4, 0.5) is 0 Å². The first kappa shape index (κ1) is 17.7. The summed E-state index contributed by atoms with van der Waals surface area (Å²) in [6, 6.07) is 8.26. The van der Waals surface area contributed by atoms with E-state index in [-0.39, 0.29) is 17.7 Å². The number of methoxy groups -OCH3 is 1. The van der Waals surface area contributed by atoms with Gasteiger partial charge in [-0.1, -0.05) is 12.1 Å². The third-order valence-corrected chi connectivity index (χ3v) is 5.17. The summed E-state index contributed by atoms with van der Waals surface area (Å²) in [5, 5.41) is 0. The number of nitrogens with zero attached hydrogens (tertiary/aromatic N) is 2. The van der Waals surface area contributed by atoms with E-state index in [0.29, 0.717) is 19.1 Å². The molecule has 1 aromatic carbocycles. The molecular weight excluding hydrogens is 318 g/mol. The fourth-order valence-corrected chi connectivity index (χ4v) is 3.39. The maximum absolute atomic E-state index is 12.8. The largest absolute Gasteiger partial charge is 0.497 e. The monoisotopic (exact) mass is 345 g/mol. The SMILES string of the molecule is COc1ccc(CN(C(=O)CN2CCC(C(N)=O)CC2)C2CC2)cc1. The number of nitrogens with two attached hydrogens (primary N) is 1. The van der Waals surface area contributed by atoms with Crippen LogP contribution in [-0.4, -0.2) is 54.4 Å². The highest BCUT2D eigenvalue weighted by Crippen LogP contribution is 2.29. The molecule has 1 heterocycles. The van der Waals surface area contributed by atoms with Gasteiger partial charge in [-0.3, -0.25) is 14.5 Å². The van der Waals surface area contributed by atoms with Gasteiger partial charge in [-0.05, 0) is 56.5 Å². The van der Waals surface area contributed by atoms with Gasteiger partial charge >= 0.3 is 0 Å². The minimum atomic E-state index is -0.218. The first-order valence-corrected chi connectivity index (χ1v) is 9.01. The third kappa shape index (κ3) is 4.72. The molecule has 1 aliphatic heterocycles. The van der Waals surface area contributed by atoms with Crippen LogP contribution in [0.3, 0.4) is 0 Å². The highest BCUT2D eigenvalue weighted by molar-refractivity contribution is 5.79. The lowest BCUT2D eigenvalue weighted by atomic mass is 9.96. The van der Waals surface area contributed by atoms with Gasteiger partial charge in [0.05, 0.1) is 13.7 Å². The van der Waals surface area contributed by atoms with E-state index in [2.05, 4.69) is 4.90 Å². The van der Waals surface area contributed by atoms with E-state index in [0.717, 1.165) is 50.1 Å². The Morgan fingerprint density at radius 1 is 1.16 bits per heavy atom. The Bertz CT molecular complexity index is 605. The van der Waals surface area contributed by atoms with Gasteiger partial charge in [-0.2, -0.15) is 0 Å². The molecule has 2 amide bonds. The summed E-state index contributed by atoms with van der Waals surface area (Å²) in [6.45, 7) is 2.60. The number of benzene rings is 1. The second kappa shape index (κ2) is 7.87. The first-order chi connectivity index (χ1) is 12.1. The molecule has 0 spiro atoms. The normalized spacial score (nSPS) is 18.8. The average molecular weight is 345 g/mol. The number of hydrogen-bond donors (Lipinski definition) is 1. The molecule has 0 aromatic heterocycles. The molecule has 25 heavy (non-hydrogen) atoms. The van der Waals surface area contributed by atoms with Crippen molar-refractivity contribution in [2.75, 3.05) is 26.7 Å². The van der Waals surface area contributed by atoms with Crippen LogP contribution in [0.15, 0.2) is 24.3 Å². The predicted octanol–water partition coefficient (Wildman–Crippen LogP) is 1.38. The Morgan fingerprint density at radius 2 is 1.80 bits per heavy atom. The summed E-state index contributed by atoms with van der Waals surface area (Å²) < 4.78 is 5.19. The van der Waals surface area contributed by atoms with Crippen LogP contribution in [0, 0.1) is 5.92 Å². The summed E-state index contributed by atoms with van der Waals surface area (Å²) in [5.74, 6) is 0.747. The number of carbonyl (C=O) groups excluding carboxylic acids is 2. The van der Waals surface area contributed by atoms with Crippen LogP contribution in [-0.2, 0) is 16.1 Å². The van der Waals surface area contributed by atoms with Crippen LogP contribution in [0.2, 0.25) is 0 Å². The van der Waals surface area contributed by atoms with Crippen molar-refractivity contribution in [2.24, 2.45) is 11.7 Å². The number of hydrogen-bond acceptors (Lipinski definition) is 4. The summed E-state index contributed by atoms with van der Waals surface area (Å²) in [7, 11) is 1.65. The molecule has 1 aliphatic carbocycles. The second-order valence-corrected chi connectivity index (χ2v) is 7.05. The van der Waals surface area contributed by atoms with Gasteiger partial charge in [-0.15, -0.1) is 0 Å². The molecular formula is C19H27N3O3. The van der Waals surface area contributed by atoms with E-state index < -0.39 is 0 Å². The molecule has 6 nitrogen and oxygen atoms in total. The molecule has 0 atom stereocenters. The number of amides is 2. The Balaban J connectivity index is 1.55. The lowest BCUT2D eigenvalue weighted by Gasteiger charge is -2.32. The molecule has 6 heteroatoms. The Labute approximate surface area is 148 Å². The van der Waals surface area contributed by atoms with Crippen LogP contribution in [0.5, 0.6) is 5.75 Å². The molecule has 3 rings (SSSR count). The van der Waals surface area contributed by atoms with E-state index in [1.165, 1.54) is 0 Å². The van der Waals surface area contributed by atoms with Crippen molar-refractivity contribution < 1.29 is 14.3 Å². The molecule has 1 aromatic rings. The number of carbonyl (C=O) groups is 2. The number of piperidine rings is 1. The molecule has 2 aliphatic rings. The number of ether oxygens (including phenoxy) is 1. The Kier molecular flexibility index (Phi) is 5.58. The minimum absolute atomic E-state index is 0.0369. The quantitative estimate of drug-likeness (QED) is 0.810. The zero-order valence-corrected chi connectivity index (χ0v) is 14.8.